The topological polar surface area (TPSA) is 66.5 Å². The summed E-state index contributed by atoms with van der Waals surface area (Å²) in [5.41, 5.74) is 3.63. The fourth-order valence-corrected chi connectivity index (χ4v) is 5.40. The van der Waals surface area contributed by atoms with E-state index in [2.05, 4.69) is 18.3 Å². The third-order valence-corrected chi connectivity index (χ3v) is 7.19. The summed E-state index contributed by atoms with van der Waals surface area (Å²) >= 11 is 6.11. The van der Waals surface area contributed by atoms with Crippen molar-refractivity contribution in [3.8, 4) is 0 Å². The smallest absolute Gasteiger partial charge is 0.255 e. The first-order valence-electron chi connectivity index (χ1n) is 10.1. The molecule has 3 amide bonds. The van der Waals surface area contributed by atoms with Crippen molar-refractivity contribution in [1.82, 2.24) is 0 Å². The summed E-state index contributed by atoms with van der Waals surface area (Å²) in [6.07, 6.45) is 3.07. The number of carbonyl (C=O) groups is 3. The molecule has 0 unspecified atom stereocenters. The van der Waals surface area contributed by atoms with Crippen LogP contribution in [0.3, 0.4) is 0 Å². The molecule has 1 saturated heterocycles. The maximum Gasteiger partial charge on any atom is 0.255 e. The molecule has 3 aliphatic rings. The summed E-state index contributed by atoms with van der Waals surface area (Å²) in [6.45, 7) is 3.89. The van der Waals surface area contributed by atoms with Gasteiger partial charge in [-0.25, -0.2) is 0 Å². The fraction of sp³-hybridized carbons (Fsp3) is 0.292. The maximum absolute atomic E-state index is 13.0. The Morgan fingerprint density at radius 2 is 1.73 bits per heavy atom. The van der Waals surface area contributed by atoms with Crippen molar-refractivity contribution < 1.29 is 14.4 Å². The van der Waals surface area contributed by atoms with Crippen molar-refractivity contribution in [1.29, 1.82) is 0 Å². The fourth-order valence-electron chi connectivity index (χ4n) is 5.23. The molecular formula is C24H21ClN2O3. The Bertz CT molecular complexity index is 1120. The number of allylic oxidation sites excluding steroid dienone is 2. The van der Waals surface area contributed by atoms with Gasteiger partial charge in [0.25, 0.3) is 5.91 Å². The van der Waals surface area contributed by atoms with Crippen LogP contribution in [0, 0.1) is 30.6 Å². The third kappa shape index (κ3) is 2.72. The Kier molecular flexibility index (Phi) is 4.33. The average Bonchev–Trinajstić information content (AvgIpc) is 3.36. The van der Waals surface area contributed by atoms with Gasteiger partial charge < -0.3 is 5.32 Å². The number of hydrogen-bond donors (Lipinski definition) is 1. The summed E-state index contributed by atoms with van der Waals surface area (Å²) in [7, 11) is 0. The lowest BCUT2D eigenvalue weighted by Crippen LogP contribution is -2.33. The van der Waals surface area contributed by atoms with Crippen LogP contribution in [0.2, 0.25) is 5.02 Å². The minimum Gasteiger partial charge on any atom is -0.322 e. The minimum atomic E-state index is -0.277. The van der Waals surface area contributed by atoms with Gasteiger partial charge in [0, 0.05) is 16.3 Å². The van der Waals surface area contributed by atoms with Gasteiger partial charge in [0.05, 0.1) is 17.5 Å². The number of halogens is 1. The predicted molar refractivity (Wildman–Crippen MR) is 115 cm³/mol. The number of nitrogens with zero attached hydrogens (tertiary/aromatic N) is 1. The van der Waals surface area contributed by atoms with Gasteiger partial charge in [-0.15, -0.1) is 0 Å². The lowest BCUT2D eigenvalue weighted by Gasteiger charge is -2.19. The first kappa shape index (κ1) is 19.1. The molecule has 4 atom stereocenters. The highest BCUT2D eigenvalue weighted by molar-refractivity contribution is 6.31. The first-order valence-corrected chi connectivity index (χ1v) is 10.5. The molecule has 1 saturated carbocycles. The Morgan fingerprint density at radius 1 is 1.03 bits per heavy atom. The molecule has 5 nitrogen and oxygen atoms in total. The van der Waals surface area contributed by atoms with Crippen molar-refractivity contribution in [2.24, 2.45) is 23.7 Å². The Labute approximate surface area is 179 Å². The Balaban J connectivity index is 1.36. The molecule has 5 rings (SSSR count). The van der Waals surface area contributed by atoms with Gasteiger partial charge in [-0.1, -0.05) is 29.3 Å². The molecule has 2 fully saturated rings. The molecular weight excluding hydrogens is 400 g/mol. The number of carbonyl (C=O) groups excluding carboxylic acids is 3. The molecule has 152 valence electrons. The van der Waals surface area contributed by atoms with Crippen molar-refractivity contribution in [2.75, 3.05) is 10.2 Å². The van der Waals surface area contributed by atoms with E-state index in [4.69, 9.17) is 11.6 Å². The summed E-state index contributed by atoms with van der Waals surface area (Å²) in [5.74, 6) is -0.619. The molecule has 1 aliphatic heterocycles. The number of benzene rings is 2. The van der Waals surface area contributed by atoms with Gasteiger partial charge in [-0.05, 0) is 74.1 Å². The number of fused-ring (bicyclic) bond motifs is 5. The van der Waals surface area contributed by atoms with E-state index in [9.17, 15) is 14.4 Å². The van der Waals surface area contributed by atoms with Gasteiger partial charge >= 0.3 is 0 Å². The zero-order valence-electron chi connectivity index (χ0n) is 16.7. The maximum atomic E-state index is 13.0. The third-order valence-electron chi connectivity index (χ3n) is 6.78. The van der Waals surface area contributed by atoms with Crippen LogP contribution in [0.15, 0.2) is 54.1 Å². The zero-order chi connectivity index (χ0) is 21.2. The molecule has 6 heteroatoms. The molecule has 0 radical (unpaired) electrons. The summed E-state index contributed by atoms with van der Waals surface area (Å²) in [5, 5.41) is 3.44. The minimum absolute atomic E-state index is 0.114. The van der Waals surface area contributed by atoms with Crippen LogP contribution in [0.5, 0.6) is 0 Å². The molecule has 2 aromatic carbocycles. The standard InChI is InChI=1S/C24H21ClN2O3/c1-12-10-15-11-17(12)21-20(15)23(29)27(24(21)30)16-8-6-14(7-9-16)22(28)26-19-5-3-4-18(25)13(19)2/h3-10,15,17,20-21H,11H2,1-2H3,(H,26,28)/t15-,17+,20+,21+/m1/s1. The van der Waals surface area contributed by atoms with Crippen LogP contribution in [-0.2, 0) is 9.59 Å². The van der Waals surface area contributed by atoms with Crippen molar-refractivity contribution in [3.63, 3.8) is 0 Å². The largest absolute Gasteiger partial charge is 0.322 e. The predicted octanol–water partition coefficient (Wildman–Crippen LogP) is 4.60. The number of imide groups is 1. The highest BCUT2D eigenvalue weighted by Gasteiger charge is 2.60. The monoisotopic (exact) mass is 420 g/mol. The van der Waals surface area contributed by atoms with Gasteiger partial charge in [-0.2, -0.15) is 0 Å². The second kappa shape index (κ2) is 6.81. The van der Waals surface area contributed by atoms with Crippen molar-refractivity contribution in [2.45, 2.75) is 20.3 Å². The number of amides is 3. The van der Waals surface area contributed by atoms with E-state index in [1.54, 1.807) is 42.5 Å². The van der Waals surface area contributed by atoms with Crippen LogP contribution in [0.4, 0.5) is 11.4 Å². The quantitative estimate of drug-likeness (QED) is 0.582. The summed E-state index contributed by atoms with van der Waals surface area (Å²) in [4.78, 5) is 40.0. The number of hydrogen-bond acceptors (Lipinski definition) is 3. The van der Waals surface area contributed by atoms with Crippen molar-refractivity contribution >= 4 is 40.7 Å². The van der Waals surface area contributed by atoms with Gasteiger partial charge in [-0.3, -0.25) is 19.3 Å². The molecule has 0 aromatic heterocycles. The number of rotatable bonds is 3. The van der Waals surface area contributed by atoms with E-state index >= 15 is 0 Å². The first-order chi connectivity index (χ1) is 14.4. The van der Waals surface area contributed by atoms with Crippen LogP contribution in [0.25, 0.3) is 0 Å². The van der Waals surface area contributed by atoms with Crippen LogP contribution < -0.4 is 10.2 Å². The average molecular weight is 421 g/mol. The second-order valence-electron chi connectivity index (χ2n) is 8.39. The lowest BCUT2D eigenvalue weighted by atomic mass is 9.82. The molecule has 1 heterocycles. The highest BCUT2D eigenvalue weighted by Crippen LogP contribution is 2.55. The summed E-state index contributed by atoms with van der Waals surface area (Å²) in [6, 6.07) is 11.9. The van der Waals surface area contributed by atoms with Crippen LogP contribution >= 0.6 is 11.6 Å². The number of anilines is 2. The molecule has 2 bridgehead atoms. The van der Waals surface area contributed by atoms with E-state index in [-0.39, 0.29) is 41.4 Å². The van der Waals surface area contributed by atoms with E-state index in [0.717, 1.165) is 12.0 Å². The summed E-state index contributed by atoms with van der Waals surface area (Å²) < 4.78 is 0. The Hall–Kier alpha value is -2.92. The van der Waals surface area contributed by atoms with Crippen molar-refractivity contribution in [3.05, 3.63) is 70.3 Å². The zero-order valence-corrected chi connectivity index (χ0v) is 17.4. The van der Waals surface area contributed by atoms with Gasteiger partial charge in [0.2, 0.25) is 11.8 Å². The van der Waals surface area contributed by atoms with E-state index in [1.165, 1.54) is 10.5 Å². The molecule has 2 aliphatic carbocycles. The molecule has 30 heavy (non-hydrogen) atoms. The lowest BCUT2D eigenvalue weighted by molar-refractivity contribution is -0.123. The SMILES string of the molecule is CC1=C[C@@H]2C[C@@H]1[C@@H]1C(=O)N(c3ccc(C(=O)Nc4cccc(Cl)c4C)cc3)C(=O)[C@H]12. The van der Waals surface area contributed by atoms with Gasteiger partial charge in [0.1, 0.15) is 0 Å². The normalized spacial score (nSPS) is 26.8. The van der Waals surface area contributed by atoms with E-state index in [1.807, 2.05) is 6.92 Å². The van der Waals surface area contributed by atoms with E-state index in [0.29, 0.717) is 22.0 Å². The van der Waals surface area contributed by atoms with E-state index < -0.39 is 0 Å². The van der Waals surface area contributed by atoms with Crippen LogP contribution in [0.1, 0.15) is 29.3 Å². The molecule has 2 aromatic rings. The highest BCUT2D eigenvalue weighted by atomic mass is 35.5. The van der Waals surface area contributed by atoms with Crippen LogP contribution in [-0.4, -0.2) is 17.7 Å². The molecule has 0 spiro atoms. The Morgan fingerprint density at radius 3 is 2.47 bits per heavy atom. The molecule has 1 N–H and O–H groups in total. The number of nitrogens with one attached hydrogen (secondary N) is 1. The second-order valence-corrected chi connectivity index (χ2v) is 8.80. The van der Waals surface area contributed by atoms with Gasteiger partial charge in [0.15, 0.2) is 0 Å².